The average molecular weight is 317 g/mol. The largest absolute Gasteiger partial charge is 0.319 e. The van der Waals surface area contributed by atoms with Crippen LogP contribution in [-0.2, 0) is 16.4 Å². The van der Waals surface area contributed by atoms with Gasteiger partial charge in [0.25, 0.3) is 0 Å². The van der Waals surface area contributed by atoms with Gasteiger partial charge in [0, 0.05) is 18.0 Å². The van der Waals surface area contributed by atoms with E-state index in [-0.39, 0.29) is 0 Å². The molecule has 1 aromatic rings. The summed E-state index contributed by atoms with van der Waals surface area (Å²) in [6.07, 6.45) is 3.32. The van der Waals surface area contributed by atoms with Gasteiger partial charge in [-0.25, -0.2) is 13.1 Å². The van der Waals surface area contributed by atoms with E-state index in [4.69, 9.17) is 0 Å². The zero-order chi connectivity index (χ0) is 14.4. The fourth-order valence-corrected chi connectivity index (χ4v) is 4.72. The Morgan fingerprint density at radius 3 is 2.70 bits per heavy atom. The van der Waals surface area contributed by atoms with Crippen molar-refractivity contribution in [3.63, 3.8) is 0 Å². The predicted molar refractivity (Wildman–Crippen MR) is 82.8 cm³/mol. The number of rotatable bonds is 8. The van der Waals surface area contributed by atoms with Crippen LogP contribution in [0.4, 0.5) is 0 Å². The second-order valence-electron chi connectivity index (χ2n) is 5.02. The highest BCUT2D eigenvalue weighted by molar-refractivity contribution is 7.91. The van der Waals surface area contributed by atoms with Gasteiger partial charge in [-0.2, -0.15) is 0 Å². The van der Waals surface area contributed by atoms with Gasteiger partial charge in [-0.05, 0) is 58.1 Å². The Morgan fingerprint density at radius 1 is 1.25 bits per heavy atom. The molecule has 1 aliphatic rings. The van der Waals surface area contributed by atoms with Crippen molar-refractivity contribution in [2.75, 3.05) is 39.8 Å². The molecule has 1 aromatic heterocycles. The number of nitrogens with one attached hydrogen (secondary N) is 2. The molecule has 0 aromatic carbocycles. The van der Waals surface area contributed by atoms with Gasteiger partial charge in [0.2, 0.25) is 10.0 Å². The van der Waals surface area contributed by atoms with Gasteiger partial charge < -0.3 is 10.2 Å². The van der Waals surface area contributed by atoms with Crippen LogP contribution in [0.5, 0.6) is 0 Å². The molecule has 2 heterocycles. The third-order valence-electron chi connectivity index (χ3n) is 3.44. The zero-order valence-corrected chi connectivity index (χ0v) is 13.5. The summed E-state index contributed by atoms with van der Waals surface area (Å²) in [6.45, 7) is 4.34. The zero-order valence-electron chi connectivity index (χ0n) is 11.9. The fourth-order valence-electron chi connectivity index (χ4n) is 2.30. The van der Waals surface area contributed by atoms with Crippen LogP contribution in [0.3, 0.4) is 0 Å². The van der Waals surface area contributed by atoms with Crippen molar-refractivity contribution >= 4 is 21.4 Å². The molecule has 7 heteroatoms. The summed E-state index contributed by atoms with van der Waals surface area (Å²) in [5, 5.41) is 3.07. The molecular weight excluding hydrogens is 294 g/mol. The van der Waals surface area contributed by atoms with E-state index in [1.165, 1.54) is 24.2 Å². The number of sulfonamides is 1. The number of nitrogens with zero attached hydrogens (tertiary/aromatic N) is 1. The Morgan fingerprint density at radius 2 is 2.00 bits per heavy atom. The predicted octanol–water partition coefficient (Wildman–Crippen LogP) is 0.884. The highest BCUT2D eigenvalue weighted by atomic mass is 32.2. The first-order valence-electron chi connectivity index (χ1n) is 7.07. The Balaban J connectivity index is 1.83. The molecule has 0 amide bonds. The van der Waals surface area contributed by atoms with Crippen LogP contribution in [0.25, 0.3) is 0 Å². The Kier molecular flexibility index (Phi) is 5.98. The quantitative estimate of drug-likeness (QED) is 0.747. The maximum Gasteiger partial charge on any atom is 0.250 e. The van der Waals surface area contributed by atoms with Crippen molar-refractivity contribution in [3.8, 4) is 0 Å². The molecule has 0 radical (unpaired) electrons. The topological polar surface area (TPSA) is 61.4 Å². The molecule has 0 aliphatic carbocycles. The molecule has 0 unspecified atom stereocenters. The lowest BCUT2D eigenvalue weighted by molar-refractivity contribution is 0.344. The van der Waals surface area contributed by atoms with Gasteiger partial charge in [0.05, 0.1) is 0 Å². The molecule has 1 saturated heterocycles. The van der Waals surface area contributed by atoms with E-state index >= 15 is 0 Å². The third-order valence-corrected chi connectivity index (χ3v) is 6.54. The summed E-state index contributed by atoms with van der Waals surface area (Å²) >= 11 is 1.36. The van der Waals surface area contributed by atoms with Gasteiger partial charge in [0.15, 0.2) is 0 Å². The molecule has 114 valence electrons. The van der Waals surface area contributed by atoms with Crippen molar-refractivity contribution in [3.05, 3.63) is 17.0 Å². The van der Waals surface area contributed by atoms with Crippen molar-refractivity contribution in [1.29, 1.82) is 0 Å². The summed E-state index contributed by atoms with van der Waals surface area (Å²) in [5.41, 5.74) is 0. The summed E-state index contributed by atoms with van der Waals surface area (Å²) < 4.78 is 27.4. The Hall–Kier alpha value is -0.470. The van der Waals surface area contributed by atoms with E-state index in [0.29, 0.717) is 10.8 Å². The monoisotopic (exact) mass is 317 g/mol. The van der Waals surface area contributed by atoms with Crippen LogP contribution in [0.1, 0.15) is 17.7 Å². The first-order chi connectivity index (χ1) is 9.62. The molecule has 0 saturated carbocycles. The number of hydrogen-bond acceptors (Lipinski definition) is 5. The summed E-state index contributed by atoms with van der Waals surface area (Å²) in [6, 6.07) is 3.60. The molecule has 1 fully saturated rings. The minimum absolute atomic E-state index is 0.421. The van der Waals surface area contributed by atoms with Gasteiger partial charge in [-0.1, -0.05) is 0 Å². The normalized spacial score (nSPS) is 16.9. The van der Waals surface area contributed by atoms with Crippen LogP contribution in [-0.4, -0.2) is 53.1 Å². The van der Waals surface area contributed by atoms with E-state index in [9.17, 15) is 8.42 Å². The number of thiophene rings is 1. The second kappa shape index (κ2) is 7.51. The molecule has 20 heavy (non-hydrogen) atoms. The third kappa shape index (κ3) is 4.53. The summed E-state index contributed by atoms with van der Waals surface area (Å²) in [7, 11) is -1.44. The molecule has 0 spiro atoms. The fraction of sp³-hybridized carbons (Fsp3) is 0.692. The molecule has 2 N–H and O–H groups in total. The van der Waals surface area contributed by atoms with Crippen molar-refractivity contribution < 1.29 is 8.42 Å². The smallest absolute Gasteiger partial charge is 0.250 e. The van der Waals surface area contributed by atoms with E-state index in [2.05, 4.69) is 14.9 Å². The summed E-state index contributed by atoms with van der Waals surface area (Å²) in [5.74, 6) is 0. The second-order valence-corrected chi connectivity index (χ2v) is 8.18. The molecular formula is C13H23N3O2S2. The van der Waals surface area contributed by atoms with Crippen LogP contribution in [0, 0.1) is 0 Å². The minimum atomic E-state index is -3.33. The molecule has 0 atom stereocenters. The van der Waals surface area contributed by atoms with Crippen LogP contribution >= 0.6 is 11.3 Å². The number of hydrogen-bond donors (Lipinski definition) is 2. The standard InChI is InChI=1S/C13H23N3O2S2/c1-14-7-6-12-4-5-13(19-12)20(17,18)15-8-11-16-9-2-3-10-16/h4-5,14-15H,2-3,6-11H2,1H3. The van der Waals surface area contributed by atoms with E-state index in [1.54, 1.807) is 6.07 Å². The van der Waals surface area contributed by atoms with Crippen LogP contribution < -0.4 is 10.0 Å². The van der Waals surface area contributed by atoms with Gasteiger partial charge in [0.1, 0.15) is 4.21 Å². The Labute approximate surface area is 125 Å². The molecule has 2 rings (SSSR count). The van der Waals surface area contributed by atoms with E-state index in [0.717, 1.165) is 37.5 Å². The maximum atomic E-state index is 12.2. The lowest BCUT2D eigenvalue weighted by Gasteiger charge is -2.14. The number of likely N-dealkylation sites (tertiary alicyclic amines) is 1. The summed E-state index contributed by atoms with van der Waals surface area (Å²) in [4.78, 5) is 3.40. The van der Waals surface area contributed by atoms with E-state index < -0.39 is 10.0 Å². The van der Waals surface area contributed by atoms with Crippen LogP contribution in [0.15, 0.2) is 16.3 Å². The van der Waals surface area contributed by atoms with Gasteiger partial charge in [-0.15, -0.1) is 11.3 Å². The SMILES string of the molecule is CNCCc1ccc(S(=O)(=O)NCCN2CCCC2)s1. The minimum Gasteiger partial charge on any atom is -0.319 e. The Bertz CT molecular complexity index is 507. The number of likely N-dealkylation sites (N-methyl/N-ethyl adjacent to an activating group) is 1. The van der Waals surface area contributed by atoms with Crippen molar-refractivity contribution in [2.45, 2.75) is 23.5 Å². The molecule has 0 bridgehead atoms. The average Bonchev–Trinajstić information content (AvgIpc) is 3.07. The van der Waals surface area contributed by atoms with E-state index in [1.807, 2.05) is 13.1 Å². The first-order valence-corrected chi connectivity index (χ1v) is 9.37. The maximum absolute atomic E-state index is 12.2. The van der Waals surface area contributed by atoms with Crippen LogP contribution in [0.2, 0.25) is 0 Å². The van der Waals surface area contributed by atoms with Crippen molar-refractivity contribution in [1.82, 2.24) is 14.9 Å². The van der Waals surface area contributed by atoms with Crippen molar-refractivity contribution in [2.24, 2.45) is 0 Å². The lowest BCUT2D eigenvalue weighted by Crippen LogP contribution is -2.33. The highest BCUT2D eigenvalue weighted by Gasteiger charge is 2.17. The first kappa shape index (κ1) is 15.9. The highest BCUT2D eigenvalue weighted by Crippen LogP contribution is 2.21. The van der Waals surface area contributed by atoms with Gasteiger partial charge >= 0.3 is 0 Å². The van der Waals surface area contributed by atoms with Gasteiger partial charge in [-0.3, -0.25) is 0 Å². The molecule has 5 nitrogen and oxygen atoms in total. The molecule has 1 aliphatic heterocycles. The lowest BCUT2D eigenvalue weighted by atomic mass is 10.3.